The third-order valence-corrected chi connectivity index (χ3v) is 7.74. The van der Waals surface area contributed by atoms with Gasteiger partial charge in [0.05, 0.1) is 6.54 Å². The number of aliphatic hydroxyl groups excluding tert-OH is 1. The van der Waals surface area contributed by atoms with Crippen LogP contribution in [-0.4, -0.2) is 76.3 Å². The number of hydrogen-bond acceptors (Lipinski definition) is 7. The van der Waals surface area contributed by atoms with Crippen LogP contribution in [0.4, 0.5) is 4.79 Å². The average molecular weight is 519 g/mol. The van der Waals surface area contributed by atoms with Crippen LogP contribution in [0.25, 0.3) is 0 Å². The Balaban J connectivity index is 1.47. The molecule has 0 aliphatic carbocycles. The lowest BCUT2D eigenvalue weighted by molar-refractivity contribution is -0.127. The van der Waals surface area contributed by atoms with Crippen molar-refractivity contribution in [1.29, 1.82) is 0 Å². The lowest BCUT2D eigenvalue weighted by Crippen LogP contribution is -2.64. The molecule has 0 bridgehead atoms. The molecule has 3 rings (SSSR count). The standard InChI is InChI=1S/C27H42N4O4S/c1-3-4-5-6-7-8-9-10-11-15-18-36-27-28-24-23(25(33)29-26(34)30(24)2)31(27)19-21(32)20-35-22-16-13-12-14-17-22/h12-14,16-17,21,23-24,32H,3-11,15,18-20H2,1-2H3,(H,29,33,34). The Morgan fingerprint density at radius 1 is 1.03 bits per heavy atom. The van der Waals surface area contributed by atoms with Gasteiger partial charge in [0.1, 0.15) is 18.5 Å². The van der Waals surface area contributed by atoms with Crippen LogP contribution in [0.3, 0.4) is 0 Å². The van der Waals surface area contributed by atoms with Gasteiger partial charge in [0.25, 0.3) is 5.91 Å². The van der Waals surface area contributed by atoms with Crippen LogP contribution < -0.4 is 10.1 Å². The minimum absolute atomic E-state index is 0.102. The van der Waals surface area contributed by atoms with E-state index >= 15 is 0 Å². The molecule has 2 N–H and O–H groups in total. The number of amides is 3. The van der Waals surface area contributed by atoms with Crippen LogP contribution >= 0.6 is 11.8 Å². The molecule has 3 unspecified atom stereocenters. The predicted molar refractivity (Wildman–Crippen MR) is 145 cm³/mol. The SMILES string of the molecule is CCCCCCCCCCCCSC1=NC2C(C(=O)NC(=O)N2C)N1CC(O)COc1ccccc1. The molecule has 8 nitrogen and oxygen atoms in total. The summed E-state index contributed by atoms with van der Waals surface area (Å²) < 4.78 is 5.70. The van der Waals surface area contributed by atoms with Crippen LogP contribution in [0.5, 0.6) is 5.75 Å². The van der Waals surface area contributed by atoms with Gasteiger partial charge >= 0.3 is 6.03 Å². The number of β-amino-alcohol motifs (C(OH)–C–C–N with tert-alkyl or cyclic N) is 1. The van der Waals surface area contributed by atoms with Crippen molar-refractivity contribution in [1.82, 2.24) is 15.1 Å². The summed E-state index contributed by atoms with van der Waals surface area (Å²) in [7, 11) is 1.64. The number of rotatable bonds is 16. The largest absolute Gasteiger partial charge is 0.491 e. The second kappa shape index (κ2) is 15.1. The molecule has 3 atom stereocenters. The van der Waals surface area contributed by atoms with E-state index < -0.39 is 24.3 Å². The summed E-state index contributed by atoms with van der Waals surface area (Å²) >= 11 is 1.60. The number of ether oxygens (including phenoxy) is 1. The van der Waals surface area contributed by atoms with Crippen LogP contribution in [0.1, 0.15) is 71.1 Å². The first-order valence-electron chi connectivity index (χ1n) is 13.4. The molecule has 1 aromatic rings. The Labute approximate surface area is 219 Å². The highest BCUT2D eigenvalue weighted by Crippen LogP contribution is 2.29. The highest BCUT2D eigenvalue weighted by molar-refractivity contribution is 8.13. The zero-order chi connectivity index (χ0) is 25.8. The van der Waals surface area contributed by atoms with E-state index in [0.29, 0.717) is 10.9 Å². The number of carbonyl (C=O) groups excluding carboxylic acids is 2. The summed E-state index contributed by atoms with van der Waals surface area (Å²) in [6.45, 7) is 2.55. The number of fused-ring (bicyclic) bond motifs is 1. The fourth-order valence-corrected chi connectivity index (χ4v) is 5.62. The van der Waals surface area contributed by atoms with E-state index in [1.54, 1.807) is 18.8 Å². The number of nitrogens with one attached hydrogen (secondary N) is 1. The lowest BCUT2D eigenvalue weighted by atomic mass is 10.1. The smallest absolute Gasteiger partial charge is 0.325 e. The van der Waals surface area contributed by atoms with Gasteiger partial charge < -0.3 is 19.6 Å². The monoisotopic (exact) mass is 518 g/mol. The maximum absolute atomic E-state index is 12.7. The minimum Gasteiger partial charge on any atom is -0.491 e. The minimum atomic E-state index is -0.817. The highest BCUT2D eigenvalue weighted by Gasteiger charge is 2.48. The van der Waals surface area contributed by atoms with Crippen molar-refractivity contribution >= 4 is 28.9 Å². The molecule has 1 aromatic carbocycles. The normalized spacial score (nSPS) is 20.2. The highest BCUT2D eigenvalue weighted by atomic mass is 32.2. The van der Waals surface area contributed by atoms with Crippen molar-refractivity contribution in [2.24, 2.45) is 4.99 Å². The zero-order valence-electron chi connectivity index (χ0n) is 21.7. The Bertz CT molecular complexity index is 853. The van der Waals surface area contributed by atoms with Crippen LogP contribution in [0.2, 0.25) is 0 Å². The van der Waals surface area contributed by atoms with Gasteiger partial charge in [-0.15, -0.1) is 0 Å². The third kappa shape index (κ3) is 8.40. The van der Waals surface area contributed by atoms with Crippen molar-refractivity contribution in [2.45, 2.75) is 89.4 Å². The number of likely N-dealkylation sites (N-methyl/N-ethyl adjacent to an activating group) is 1. The second-order valence-corrected chi connectivity index (χ2v) is 10.7. The van der Waals surface area contributed by atoms with Gasteiger partial charge in [0, 0.05) is 12.8 Å². The van der Waals surface area contributed by atoms with Gasteiger partial charge in [-0.1, -0.05) is 94.7 Å². The molecule has 2 aliphatic heterocycles. The third-order valence-electron chi connectivity index (χ3n) is 6.64. The van der Waals surface area contributed by atoms with Gasteiger partial charge in [-0.05, 0) is 18.6 Å². The predicted octanol–water partition coefficient (Wildman–Crippen LogP) is 4.63. The van der Waals surface area contributed by atoms with Crippen LogP contribution in [0, 0.1) is 0 Å². The van der Waals surface area contributed by atoms with E-state index in [1.165, 1.54) is 62.7 Å². The molecule has 200 valence electrons. The van der Waals surface area contributed by atoms with Gasteiger partial charge in [-0.3, -0.25) is 10.1 Å². The number of carbonyl (C=O) groups is 2. The Kier molecular flexibility index (Phi) is 11.9. The first-order valence-corrected chi connectivity index (χ1v) is 14.4. The number of nitrogens with zero attached hydrogens (tertiary/aromatic N) is 3. The van der Waals surface area contributed by atoms with E-state index in [0.717, 1.165) is 12.2 Å². The zero-order valence-corrected chi connectivity index (χ0v) is 22.5. The second-order valence-electron chi connectivity index (χ2n) is 9.64. The summed E-state index contributed by atoms with van der Waals surface area (Å²) in [5, 5.41) is 13.8. The Morgan fingerprint density at radius 2 is 1.67 bits per heavy atom. The fraction of sp³-hybridized carbons (Fsp3) is 0.667. The summed E-state index contributed by atoms with van der Waals surface area (Å²) in [6.07, 6.45) is 11.4. The summed E-state index contributed by atoms with van der Waals surface area (Å²) in [6, 6.07) is 8.24. The van der Waals surface area contributed by atoms with E-state index in [4.69, 9.17) is 9.73 Å². The van der Waals surface area contributed by atoms with Crippen molar-refractivity contribution in [3.63, 3.8) is 0 Å². The summed E-state index contributed by atoms with van der Waals surface area (Å²) in [4.78, 5) is 32.9. The van der Waals surface area contributed by atoms with Crippen molar-refractivity contribution in [3.05, 3.63) is 30.3 Å². The van der Waals surface area contributed by atoms with Crippen LogP contribution in [0.15, 0.2) is 35.3 Å². The van der Waals surface area contributed by atoms with Crippen molar-refractivity contribution in [2.75, 3.05) is 26.0 Å². The van der Waals surface area contributed by atoms with Crippen molar-refractivity contribution < 1.29 is 19.4 Å². The molecule has 0 radical (unpaired) electrons. The quantitative estimate of drug-likeness (QED) is 0.310. The molecule has 1 saturated heterocycles. The summed E-state index contributed by atoms with van der Waals surface area (Å²) in [5.41, 5.74) is 0. The molecule has 0 spiro atoms. The average Bonchev–Trinajstić information content (AvgIpc) is 3.24. The first-order chi connectivity index (χ1) is 17.5. The molecule has 1 fully saturated rings. The molecule has 9 heteroatoms. The van der Waals surface area contributed by atoms with Gasteiger partial charge in [0.2, 0.25) is 0 Å². The van der Waals surface area contributed by atoms with Gasteiger partial charge in [0.15, 0.2) is 17.4 Å². The molecular weight excluding hydrogens is 476 g/mol. The molecular formula is C27H42N4O4S. The number of hydrogen-bond donors (Lipinski definition) is 2. The number of unbranched alkanes of at least 4 members (excludes halogenated alkanes) is 9. The number of benzene rings is 1. The Hall–Kier alpha value is -2.26. The number of thioether (sulfide) groups is 1. The molecule has 2 heterocycles. The molecule has 2 aliphatic rings. The number of aliphatic imine (C=N–C) groups is 1. The van der Waals surface area contributed by atoms with E-state index in [-0.39, 0.29) is 19.1 Å². The van der Waals surface area contributed by atoms with E-state index in [2.05, 4.69) is 12.2 Å². The number of para-hydroxylation sites is 1. The molecule has 0 saturated carbocycles. The topological polar surface area (TPSA) is 94.5 Å². The summed E-state index contributed by atoms with van der Waals surface area (Å²) in [5.74, 6) is 1.19. The molecule has 3 amide bonds. The molecule has 0 aromatic heterocycles. The molecule has 36 heavy (non-hydrogen) atoms. The van der Waals surface area contributed by atoms with Gasteiger partial charge in [-0.25, -0.2) is 9.79 Å². The maximum atomic E-state index is 12.7. The number of imide groups is 1. The fourth-order valence-electron chi connectivity index (χ4n) is 4.55. The number of aliphatic hydroxyl groups is 1. The van der Waals surface area contributed by atoms with E-state index in [9.17, 15) is 14.7 Å². The lowest BCUT2D eigenvalue weighted by Gasteiger charge is -2.36. The first kappa shape index (κ1) is 28.3. The van der Waals surface area contributed by atoms with E-state index in [1.807, 2.05) is 35.2 Å². The van der Waals surface area contributed by atoms with Crippen LogP contribution in [-0.2, 0) is 4.79 Å². The maximum Gasteiger partial charge on any atom is 0.325 e. The Morgan fingerprint density at radius 3 is 2.33 bits per heavy atom. The number of urea groups is 1. The van der Waals surface area contributed by atoms with Gasteiger partial charge in [-0.2, -0.15) is 0 Å². The van der Waals surface area contributed by atoms with Crippen molar-refractivity contribution in [3.8, 4) is 5.75 Å². The number of amidine groups is 1.